The van der Waals surface area contributed by atoms with Gasteiger partial charge in [-0.25, -0.2) is 0 Å². The number of hydrogen-bond donors (Lipinski definition) is 11. The number of ether oxygens (including phenoxy) is 5. The normalized spacial score (nSPS) is 51.8. The van der Waals surface area contributed by atoms with Gasteiger partial charge in [0.05, 0.1) is 19.8 Å². The Kier molecular flexibility index (Phi) is 8.85. The van der Waals surface area contributed by atoms with E-state index in [1.54, 1.807) is 0 Å². The molecule has 13 atom stereocenters. The van der Waals surface area contributed by atoms with E-state index in [2.05, 4.69) is 0 Å². The van der Waals surface area contributed by atoms with Crippen LogP contribution in [0, 0.1) is 0 Å². The summed E-state index contributed by atoms with van der Waals surface area (Å²) in [6.07, 6.45) is -19.0. The molecule has 34 heavy (non-hydrogen) atoms. The molecule has 3 heterocycles. The maximum absolute atomic E-state index is 10.7. The summed E-state index contributed by atoms with van der Waals surface area (Å²) in [6.45, 7) is -4.40. The predicted molar refractivity (Wildman–Crippen MR) is 101 cm³/mol. The largest absolute Gasteiger partial charge is 0.394 e. The van der Waals surface area contributed by atoms with Crippen molar-refractivity contribution in [2.45, 2.75) is 78.9 Å². The van der Waals surface area contributed by atoms with Crippen molar-refractivity contribution in [3.05, 3.63) is 0 Å². The third-order valence-corrected chi connectivity index (χ3v) is 6.27. The monoisotopic (exact) mass is 504 g/mol. The predicted octanol–water partition coefficient (Wildman–Crippen LogP) is -7.57. The zero-order valence-corrected chi connectivity index (χ0v) is 17.8. The highest BCUT2D eigenvalue weighted by atomic mass is 16.8. The Balaban J connectivity index is 1.87. The third-order valence-electron chi connectivity index (χ3n) is 6.27. The van der Waals surface area contributed by atoms with Gasteiger partial charge >= 0.3 is 0 Å². The molecule has 200 valence electrons. The second kappa shape index (κ2) is 10.8. The molecular formula is C18H32O16. The molecule has 11 N–H and O–H groups in total. The summed E-state index contributed by atoms with van der Waals surface area (Å²) in [4.78, 5) is 0. The average Bonchev–Trinajstić information content (AvgIpc) is 3.23. The lowest BCUT2D eigenvalue weighted by molar-refractivity contribution is -0.399. The fourth-order valence-corrected chi connectivity index (χ4v) is 4.14. The second-order valence-corrected chi connectivity index (χ2v) is 8.43. The van der Waals surface area contributed by atoms with Crippen LogP contribution in [0.5, 0.6) is 0 Å². The van der Waals surface area contributed by atoms with Gasteiger partial charge in [-0.15, -0.1) is 0 Å². The Hall–Kier alpha value is -0.640. The highest BCUT2D eigenvalue weighted by Gasteiger charge is 2.62. The molecule has 3 aliphatic rings. The molecule has 5 unspecified atom stereocenters. The molecule has 0 saturated carbocycles. The van der Waals surface area contributed by atoms with Crippen LogP contribution in [0.3, 0.4) is 0 Å². The van der Waals surface area contributed by atoms with Crippen molar-refractivity contribution in [3.63, 3.8) is 0 Å². The Labute approximate surface area is 192 Å². The highest BCUT2D eigenvalue weighted by molar-refractivity contribution is 5.01. The van der Waals surface area contributed by atoms with Crippen molar-refractivity contribution < 1.29 is 79.9 Å². The molecule has 0 aromatic rings. The summed E-state index contributed by atoms with van der Waals surface area (Å²) in [7, 11) is 0. The quantitative estimate of drug-likeness (QED) is 0.139. The van der Waals surface area contributed by atoms with E-state index in [9.17, 15) is 56.2 Å². The van der Waals surface area contributed by atoms with Crippen LogP contribution in [0.15, 0.2) is 0 Å². The Morgan fingerprint density at radius 3 is 1.56 bits per heavy atom. The molecule has 0 bridgehead atoms. The van der Waals surface area contributed by atoms with Crippen molar-refractivity contribution in [2.75, 3.05) is 33.0 Å². The molecule has 0 amide bonds. The molecule has 3 fully saturated rings. The topological polar surface area (TPSA) is 269 Å². The molecule has 3 rings (SSSR count). The molecule has 3 saturated heterocycles. The summed E-state index contributed by atoms with van der Waals surface area (Å²) >= 11 is 0. The summed E-state index contributed by atoms with van der Waals surface area (Å²) in [5.41, 5.74) is 0. The third kappa shape index (κ3) is 4.71. The Morgan fingerprint density at radius 2 is 1.09 bits per heavy atom. The minimum Gasteiger partial charge on any atom is -0.394 e. The maximum Gasteiger partial charge on any atom is 0.224 e. The van der Waals surface area contributed by atoms with Crippen molar-refractivity contribution in [1.82, 2.24) is 0 Å². The lowest BCUT2D eigenvalue weighted by Gasteiger charge is -2.44. The van der Waals surface area contributed by atoms with Crippen LogP contribution in [-0.2, 0) is 23.7 Å². The lowest BCUT2D eigenvalue weighted by Crippen LogP contribution is -2.63. The van der Waals surface area contributed by atoms with E-state index < -0.39 is 112 Å². The van der Waals surface area contributed by atoms with Crippen molar-refractivity contribution in [1.29, 1.82) is 0 Å². The molecule has 0 spiro atoms. The number of aliphatic hydroxyl groups excluding tert-OH is 11. The van der Waals surface area contributed by atoms with Gasteiger partial charge in [-0.1, -0.05) is 0 Å². The highest BCUT2D eigenvalue weighted by Crippen LogP contribution is 2.39. The van der Waals surface area contributed by atoms with E-state index >= 15 is 0 Å². The van der Waals surface area contributed by atoms with Crippen LogP contribution in [0.25, 0.3) is 0 Å². The molecule has 0 radical (unpaired) electrons. The van der Waals surface area contributed by atoms with Gasteiger partial charge in [-0.05, 0) is 0 Å². The van der Waals surface area contributed by atoms with Crippen molar-refractivity contribution in [3.8, 4) is 0 Å². The van der Waals surface area contributed by atoms with Gasteiger partial charge in [0.15, 0.2) is 6.29 Å². The fourth-order valence-electron chi connectivity index (χ4n) is 4.14. The Bertz CT molecular complexity index is 668. The standard InChI is InChI=1S/C18H32O16/c19-1-6-9(23)12(26)13(27)16(31-6)34-18(15(29)11(25)8(3-21)33-18)5-30-17(4-22)14(28)10(24)7(2-20)32-17/h6-16,19-29H,1-5H2/t6?,7-,8-,9-,10+,11+,12-,13?,14?,15?,16-,17?,18+/m1/s1. The summed E-state index contributed by atoms with van der Waals surface area (Å²) in [5, 5.41) is 109. The van der Waals surface area contributed by atoms with Gasteiger partial charge < -0.3 is 79.9 Å². The fraction of sp³-hybridized carbons (Fsp3) is 1.00. The summed E-state index contributed by atoms with van der Waals surface area (Å²) in [5.74, 6) is -4.84. The van der Waals surface area contributed by atoms with Gasteiger partial charge in [0.25, 0.3) is 0 Å². The van der Waals surface area contributed by atoms with E-state index in [-0.39, 0.29) is 0 Å². The van der Waals surface area contributed by atoms with Gasteiger partial charge in [-0.2, -0.15) is 0 Å². The SMILES string of the molecule is OCC1O[C@H](O[C@]2(COC3(CO)O[C@H](CO)[C@H](O)C3O)O[C@H](CO)[C@H](O)C2O)C(O)[C@H](O)[C@@H]1O. The summed E-state index contributed by atoms with van der Waals surface area (Å²) < 4.78 is 26.9. The zero-order valence-electron chi connectivity index (χ0n) is 17.8. The first kappa shape index (κ1) is 27.9. The first-order valence-electron chi connectivity index (χ1n) is 10.5. The molecule has 0 aromatic carbocycles. The van der Waals surface area contributed by atoms with Gasteiger partial charge in [0.1, 0.15) is 74.3 Å². The van der Waals surface area contributed by atoms with Crippen molar-refractivity contribution in [2.24, 2.45) is 0 Å². The molecule has 16 nitrogen and oxygen atoms in total. The van der Waals surface area contributed by atoms with E-state index in [4.69, 9.17) is 23.7 Å². The first-order valence-corrected chi connectivity index (χ1v) is 10.5. The number of rotatable bonds is 9. The van der Waals surface area contributed by atoms with Crippen LogP contribution in [0.4, 0.5) is 0 Å². The maximum atomic E-state index is 10.7. The van der Waals surface area contributed by atoms with E-state index in [1.165, 1.54) is 0 Å². The van der Waals surface area contributed by atoms with E-state index in [0.717, 1.165) is 0 Å². The molecule has 3 aliphatic heterocycles. The minimum absolute atomic E-state index is 0.750. The number of aliphatic hydroxyl groups is 11. The summed E-state index contributed by atoms with van der Waals surface area (Å²) in [6, 6.07) is 0. The van der Waals surface area contributed by atoms with Crippen LogP contribution < -0.4 is 0 Å². The van der Waals surface area contributed by atoms with Gasteiger partial charge in [0, 0.05) is 0 Å². The van der Waals surface area contributed by atoms with Crippen LogP contribution in [-0.4, -0.2) is 168 Å². The zero-order chi connectivity index (χ0) is 25.4. The Morgan fingerprint density at radius 1 is 0.588 bits per heavy atom. The van der Waals surface area contributed by atoms with Gasteiger partial charge in [-0.3, -0.25) is 0 Å². The lowest BCUT2D eigenvalue weighted by atomic mass is 9.99. The first-order chi connectivity index (χ1) is 16.0. The number of hydrogen-bond acceptors (Lipinski definition) is 16. The van der Waals surface area contributed by atoms with Crippen LogP contribution >= 0.6 is 0 Å². The molecule has 0 aromatic heterocycles. The van der Waals surface area contributed by atoms with Crippen LogP contribution in [0.1, 0.15) is 0 Å². The van der Waals surface area contributed by atoms with E-state index in [1.807, 2.05) is 0 Å². The van der Waals surface area contributed by atoms with E-state index in [0.29, 0.717) is 0 Å². The van der Waals surface area contributed by atoms with Crippen molar-refractivity contribution >= 4 is 0 Å². The second-order valence-electron chi connectivity index (χ2n) is 8.43. The molecule has 0 aliphatic carbocycles. The average molecular weight is 504 g/mol. The smallest absolute Gasteiger partial charge is 0.224 e. The molecule has 16 heteroatoms. The van der Waals surface area contributed by atoms with Gasteiger partial charge in [0.2, 0.25) is 11.6 Å². The molecular weight excluding hydrogens is 472 g/mol. The van der Waals surface area contributed by atoms with Crippen LogP contribution in [0.2, 0.25) is 0 Å². The minimum atomic E-state index is -2.49.